The number of rotatable bonds is 2. The van der Waals surface area contributed by atoms with E-state index < -0.39 is 5.60 Å². The molecule has 1 aliphatic rings. The van der Waals surface area contributed by atoms with Crippen molar-refractivity contribution >= 4 is 5.69 Å². The highest BCUT2D eigenvalue weighted by Crippen LogP contribution is 2.32. The lowest BCUT2D eigenvalue weighted by Crippen LogP contribution is -2.61. The molecule has 1 aromatic carbocycles. The fourth-order valence-electron chi connectivity index (χ4n) is 2.07. The van der Waals surface area contributed by atoms with Crippen molar-refractivity contribution < 1.29 is 5.11 Å². The molecule has 0 bridgehead atoms. The normalized spacial score (nSPS) is 17.8. The summed E-state index contributed by atoms with van der Waals surface area (Å²) in [6.07, 6.45) is 0.761. The van der Waals surface area contributed by atoms with Gasteiger partial charge in [-0.25, -0.2) is 0 Å². The van der Waals surface area contributed by atoms with Crippen LogP contribution in [0, 0.1) is 18.3 Å². The molecule has 0 saturated carbocycles. The van der Waals surface area contributed by atoms with Gasteiger partial charge in [0.1, 0.15) is 6.07 Å². The summed E-state index contributed by atoms with van der Waals surface area (Å²) in [6.45, 7) is 5.21. The lowest BCUT2D eigenvalue weighted by atomic mass is 9.90. The van der Waals surface area contributed by atoms with E-state index in [-0.39, 0.29) is 0 Å². The van der Waals surface area contributed by atoms with E-state index in [4.69, 9.17) is 5.26 Å². The van der Waals surface area contributed by atoms with Crippen LogP contribution in [0.1, 0.15) is 24.5 Å². The zero-order chi connectivity index (χ0) is 11.8. The molecule has 0 spiro atoms. The fraction of sp³-hybridized carbons (Fsp3) is 0.462. The van der Waals surface area contributed by atoms with Crippen LogP contribution >= 0.6 is 0 Å². The van der Waals surface area contributed by atoms with E-state index >= 15 is 0 Å². The molecule has 1 aliphatic heterocycles. The van der Waals surface area contributed by atoms with Crippen LogP contribution < -0.4 is 4.90 Å². The van der Waals surface area contributed by atoms with Crippen LogP contribution in [-0.4, -0.2) is 23.8 Å². The van der Waals surface area contributed by atoms with Gasteiger partial charge in [-0.05, 0) is 31.0 Å². The Morgan fingerprint density at radius 2 is 2.19 bits per heavy atom. The molecule has 2 rings (SSSR count). The second-order valence-corrected chi connectivity index (χ2v) is 4.57. The third-order valence-corrected chi connectivity index (χ3v) is 3.24. The first-order valence-corrected chi connectivity index (χ1v) is 5.56. The van der Waals surface area contributed by atoms with E-state index in [2.05, 4.69) is 11.0 Å². The molecule has 0 atom stereocenters. The van der Waals surface area contributed by atoms with Gasteiger partial charge in [-0.2, -0.15) is 5.26 Å². The largest absolute Gasteiger partial charge is 0.386 e. The lowest BCUT2D eigenvalue weighted by molar-refractivity contribution is 0.00851. The Morgan fingerprint density at radius 1 is 1.50 bits per heavy atom. The molecule has 3 nitrogen and oxygen atoms in total. The summed E-state index contributed by atoms with van der Waals surface area (Å²) in [5.41, 5.74) is 2.16. The minimum Gasteiger partial charge on any atom is -0.386 e. The van der Waals surface area contributed by atoms with Crippen LogP contribution in [0.3, 0.4) is 0 Å². The first-order valence-electron chi connectivity index (χ1n) is 5.56. The Labute approximate surface area is 95.9 Å². The number of aliphatic hydroxyl groups is 1. The van der Waals surface area contributed by atoms with Crippen molar-refractivity contribution in [2.24, 2.45) is 0 Å². The minimum atomic E-state index is -0.558. The van der Waals surface area contributed by atoms with E-state index in [1.165, 1.54) is 0 Å². The summed E-state index contributed by atoms with van der Waals surface area (Å²) in [5, 5.41) is 19.0. The van der Waals surface area contributed by atoms with Gasteiger partial charge in [-0.15, -0.1) is 0 Å². The molecule has 0 aromatic heterocycles. The number of hydrogen-bond donors (Lipinski definition) is 1. The summed E-state index contributed by atoms with van der Waals surface area (Å²) >= 11 is 0. The summed E-state index contributed by atoms with van der Waals surface area (Å²) in [7, 11) is 0. The molecule has 0 aliphatic carbocycles. The van der Waals surface area contributed by atoms with Crippen molar-refractivity contribution in [2.75, 3.05) is 18.0 Å². The standard InChI is InChI=1S/C13H16N2O/c1-3-13(16)8-15(9-13)12-5-4-10(2)6-11(12)7-14/h4-6,16H,3,8-9H2,1-2H3. The van der Waals surface area contributed by atoms with Crippen LogP contribution in [0.2, 0.25) is 0 Å². The van der Waals surface area contributed by atoms with E-state index in [9.17, 15) is 5.11 Å². The monoisotopic (exact) mass is 216 g/mol. The van der Waals surface area contributed by atoms with E-state index in [1.807, 2.05) is 32.0 Å². The van der Waals surface area contributed by atoms with Gasteiger partial charge in [0.2, 0.25) is 0 Å². The zero-order valence-electron chi connectivity index (χ0n) is 9.70. The zero-order valence-corrected chi connectivity index (χ0v) is 9.70. The molecule has 3 heteroatoms. The summed E-state index contributed by atoms with van der Waals surface area (Å²) in [5.74, 6) is 0. The number of β-amino-alcohol motifs (C(OH)–C–C–N with tert-alkyl or cyclic N) is 1. The van der Waals surface area contributed by atoms with Crippen molar-refractivity contribution in [1.82, 2.24) is 0 Å². The molecule has 1 fully saturated rings. The molecule has 84 valence electrons. The maximum atomic E-state index is 9.94. The van der Waals surface area contributed by atoms with Crippen molar-refractivity contribution in [3.63, 3.8) is 0 Å². The van der Waals surface area contributed by atoms with Crippen LogP contribution in [0.5, 0.6) is 0 Å². The van der Waals surface area contributed by atoms with E-state index in [0.717, 1.165) is 17.7 Å². The fourth-order valence-corrected chi connectivity index (χ4v) is 2.07. The van der Waals surface area contributed by atoms with Crippen LogP contribution in [0.15, 0.2) is 18.2 Å². The second kappa shape index (κ2) is 3.80. The lowest BCUT2D eigenvalue weighted by Gasteiger charge is -2.47. The van der Waals surface area contributed by atoms with E-state index in [1.54, 1.807) is 0 Å². The molecular weight excluding hydrogens is 200 g/mol. The summed E-state index contributed by atoms with van der Waals surface area (Å²) in [4.78, 5) is 2.06. The van der Waals surface area contributed by atoms with Gasteiger partial charge in [0, 0.05) is 13.1 Å². The Balaban J connectivity index is 2.21. The van der Waals surface area contributed by atoms with Crippen LogP contribution in [-0.2, 0) is 0 Å². The maximum absolute atomic E-state index is 9.94. The molecular formula is C13H16N2O. The van der Waals surface area contributed by atoms with Crippen LogP contribution in [0.4, 0.5) is 5.69 Å². The van der Waals surface area contributed by atoms with Crippen LogP contribution in [0.25, 0.3) is 0 Å². The number of aryl methyl sites for hydroxylation is 1. The Kier molecular flexibility index (Phi) is 2.61. The first-order chi connectivity index (χ1) is 7.58. The smallest absolute Gasteiger partial charge is 0.101 e. The average Bonchev–Trinajstić information content (AvgIpc) is 2.25. The van der Waals surface area contributed by atoms with Gasteiger partial charge in [-0.3, -0.25) is 0 Å². The first kappa shape index (κ1) is 11.0. The van der Waals surface area contributed by atoms with Gasteiger partial charge >= 0.3 is 0 Å². The Hall–Kier alpha value is -1.53. The van der Waals surface area contributed by atoms with E-state index in [0.29, 0.717) is 18.7 Å². The number of nitrogens with zero attached hydrogens (tertiary/aromatic N) is 2. The highest BCUT2D eigenvalue weighted by atomic mass is 16.3. The van der Waals surface area contributed by atoms with Crippen molar-refractivity contribution in [1.29, 1.82) is 5.26 Å². The second-order valence-electron chi connectivity index (χ2n) is 4.57. The highest BCUT2D eigenvalue weighted by Gasteiger charge is 2.40. The van der Waals surface area contributed by atoms with Crippen molar-refractivity contribution in [2.45, 2.75) is 25.9 Å². The molecule has 16 heavy (non-hydrogen) atoms. The van der Waals surface area contributed by atoms with Gasteiger partial charge in [0.05, 0.1) is 16.9 Å². The van der Waals surface area contributed by atoms with Gasteiger partial charge < -0.3 is 10.0 Å². The highest BCUT2D eigenvalue weighted by molar-refractivity contribution is 5.62. The molecule has 1 N–H and O–H groups in total. The molecule has 0 unspecified atom stereocenters. The predicted octanol–water partition coefficient (Wildman–Crippen LogP) is 1.83. The topological polar surface area (TPSA) is 47.3 Å². The Morgan fingerprint density at radius 3 is 2.75 bits per heavy atom. The summed E-state index contributed by atoms with van der Waals surface area (Å²) < 4.78 is 0. The molecule has 1 saturated heterocycles. The Bertz CT molecular complexity index is 442. The molecule has 1 heterocycles. The molecule has 0 amide bonds. The number of benzene rings is 1. The third kappa shape index (κ3) is 1.77. The third-order valence-electron chi connectivity index (χ3n) is 3.24. The molecule has 1 aromatic rings. The van der Waals surface area contributed by atoms with Crippen molar-refractivity contribution in [3.05, 3.63) is 29.3 Å². The number of nitriles is 1. The van der Waals surface area contributed by atoms with Gasteiger partial charge in [0.25, 0.3) is 0 Å². The van der Waals surface area contributed by atoms with Gasteiger partial charge in [-0.1, -0.05) is 13.0 Å². The quantitative estimate of drug-likeness (QED) is 0.820. The molecule has 0 radical (unpaired) electrons. The summed E-state index contributed by atoms with van der Waals surface area (Å²) in [6, 6.07) is 8.06. The SMILES string of the molecule is CCC1(O)CN(c2ccc(C)cc2C#N)C1. The average molecular weight is 216 g/mol. The number of anilines is 1. The minimum absolute atomic E-state index is 0.558. The maximum Gasteiger partial charge on any atom is 0.101 e. The predicted molar refractivity (Wildman–Crippen MR) is 63.3 cm³/mol. The number of hydrogen-bond acceptors (Lipinski definition) is 3. The van der Waals surface area contributed by atoms with Crippen molar-refractivity contribution in [3.8, 4) is 6.07 Å². The van der Waals surface area contributed by atoms with Gasteiger partial charge in [0.15, 0.2) is 0 Å².